The lowest BCUT2D eigenvalue weighted by Gasteiger charge is -2.31. The van der Waals surface area contributed by atoms with Gasteiger partial charge >= 0.3 is 5.97 Å². The smallest absolute Gasteiger partial charge is 0.319 e. The van der Waals surface area contributed by atoms with Crippen LogP contribution >= 0.6 is 0 Å². The van der Waals surface area contributed by atoms with Gasteiger partial charge < -0.3 is 14.6 Å². The first-order valence-corrected chi connectivity index (χ1v) is 5.91. The highest BCUT2D eigenvalue weighted by Crippen LogP contribution is 2.29. The molecule has 1 atom stereocenters. The summed E-state index contributed by atoms with van der Waals surface area (Å²) in [7, 11) is 0. The van der Waals surface area contributed by atoms with Gasteiger partial charge in [0, 0.05) is 19.6 Å². The fourth-order valence-electron chi connectivity index (χ4n) is 1.80. The predicted molar refractivity (Wildman–Crippen MR) is 60.8 cm³/mol. The van der Waals surface area contributed by atoms with Crippen LogP contribution in [0.25, 0.3) is 0 Å². The van der Waals surface area contributed by atoms with E-state index < -0.39 is 11.4 Å². The molecule has 98 valence electrons. The average molecular weight is 244 g/mol. The number of carbonyl (C=O) groups excluding carboxylic acids is 1. The zero-order valence-corrected chi connectivity index (χ0v) is 10.4. The maximum atomic E-state index is 11.8. The first kappa shape index (κ1) is 14.1. The van der Waals surface area contributed by atoms with Crippen LogP contribution in [0.4, 0.5) is 0 Å². The molecule has 1 rings (SSSR count). The van der Waals surface area contributed by atoms with Crippen LogP contribution in [0.1, 0.15) is 26.7 Å². The summed E-state index contributed by atoms with van der Waals surface area (Å²) in [5.41, 5.74) is -1.39. The van der Waals surface area contributed by atoms with E-state index in [2.05, 4.69) is 0 Å². The molecule has 5 nitrogen and oxygen atoms in total. The molecule has 5 heteroatoms. The summed E-state index contributed by atoms with van der Waals surface area (Å²) in [6, 6.07) is 0. The van der Waals surface area contributed by atoms with Gasteiger partial charge in [0.25, 0.3) is 0 Å². The van der Waals surface area contributed by atoms with Crippen LogP contribution in [0.3, 0.4) is 0 Å². The van der Waals surface area contributed by atoms with Gasteiger partial charge in [-0.2, -0.15) is 0 Å². The highest BCUT2D eigenvalue weighted by atomic mass is 16.5. The second-order valence-electron chi connectivity index (χ2n) is 4.83. The lowest BCUT2D eigenvalue weighted by atomic mass is 9.78. The Labute approximate surface area is 101 Å². The minimum atomic E-state index is -1.39. The molecule has 1 N–H and O–H groups in total. The van der Waals surface area contributed by atoms with E-state index in [1.807, 2.05) is 13.8 Å². The maximum absolute atomic E-state index is 11.8. The van der Waals surface area contributed by atoms with Crippen molar-refractivity contribution in [2.45, 2.75) is 26.7 Å². The van der Waals surface area contributed by atoms with Crippen molar-refractivity contribution in [2.24, 2.45) is 11.3 Å². The zero-order valence-electron chi connectivity index (χ0n) is 10.4. The van der Waals surface area contributed by atoms with Crippen molar-refractivity contribution < 1.29 is 24.2 Å². The van der Waals surface area contributed by atoms with Gasteiger partial charge in [-0.1, -0.05) is 13.8 Å². The molecule has 0 aromatic carbocycles. The van der Waals surface area contributed by atoms with Crippen LogP contribution in [-0.2, 0) is 19.1 Å². The molecular formula is C12H20O5. The summed E-state index contributed by atoms with van der Waals surface area (Å²) in [4.78, 5) is 23.0. The first-order valence-electron chi connectivity index (χ1n) is 5.91. The molecule has 0 radical (unpaired) electrons. The molecule has 0 saturated carbocycles. The summed E-state index contributed by atoms with van der Waals surface area (Å²) in [6.07, 6.45) is 0.365. The van der Waals surface area contributed by atoms with Crippen molar-refractivity contribution >= 4 is 11.8 Å². The van der Waals surface area contributed by atoms with Gasteiger partial charge in [-0.15, -0.1) is 0 Å². The summed E-state index contributed by atoms with van der Waals surface area (Å²) in [5, 5.41) is 9.21. The Balaban J connectivity index is 2.53. The van der Waals surface area contributed by atoms with E-state index in [1.54, 1.807) is 0 Å². The highest BCUT2D eigenvalue weighted by molar-refractivity contribution is 6.03. The average Bonchev–Trinajstić information content (AvgIpc) is 2.26. The monoisotopic (exact) mass is 244 g/mol. The first-order chi connectivity index (χ1) is 7.99. The van der Waals surface area contributed by atoms with E-state index in [0.29, 0.717) is 19.1 Å². The second kappa shape index (κ2) is 6.12. The summed E-state index contributed by atoms with van der Waals surface area (Å²) < 4.78 is 10.5. The SMILES string of the molecule is CC(C)COCCC1(C(=O)O)COCCC1=O. The quantitative estimate of drug-likeness (QED) is 0.559. The molecule has 1 unspecified atom stereocenters. The molecule has 0 aliphatic carbocycles. The molecule has 1 heterocycles. The molecular weight excluding hydrogens is 224 g/mol. The molecule has 0 aromatic rings. The Morgan fingerprint density at radius 1 is 1.59 bits per heavy atom. The van der Waals surface area contributed by atoms with Crippen LogP contribution < -0.4 is 0 Å². The number of hydrogen-bond donors (Lipinski definition) is 1. The fraction of sp³-hybridized carbons (Fsp3) is 0.833. The van der Waals surface area contributed by atoms with Gasteiger partial charge in [-0.3, -0.25) is 9.59 Å². The third kappa shape index (κ3) is 3.51. The molecule has 0 aromatic heterocycles. The van der Waals surface area contributed by atoms with E-state index in [0.717, 1.165) is 0 Å². The van der Waals surface area contributed by atoms with Crippen LogP contribution in [0, 0.1) is 11.3 Å². The second-order valence-corrected chi connectivity index (χ2v) is 4.83. The number of carboxylic acids is 1. The van der Waals surface area contributed by atoms with Crippen LogP contribution in [-0.4, -0.2) is 43.3 Å². The molecule has 0 amide bonds. The molecule has 1 saturated heterocycles. The third-order valence-corrected chi connectivity index (χ3v) is 2.89. The van der Waals surface area contributed by atoms with Crippen molar-refractivity contribution in [1.29, 1.82) is 0 Å². The summed E-state index contributed by atoms with van der Waals surface area (Å²) in [5.74, 6) is -0.950. The van der Waals surface area contributed by atoms with E-state index >= 15 is 0 Å². The Kier molecular flexibility index (Phi) is 5.08. The minimum Gasteiger partial charge on any atom is -0.480 e. The van der Waals surface area contributed by atoms with Crippen molar-refractivity contribution in [1.82, 2.24) is 0 Å². The largest absolute Gasteiger partial charge is 0.480 e. The number of ketones is 1. The lowest BCUT2D eigenvalue weighted by molar-refractivity contribution is -0.166. The maximum Gasteiger partial charge on any atom is 0.319 e. The van der Waals surface area contributed by atoms with E-state index in [-0.39, 0.29) is 31.8 Å². The van der Waals surface area contributed by atoms with E-state index in [4.69, 9.17) is 9.47 Å². The normalized spacial score (nSPS) is 25.2. The zero-order chi connectivity index (χ0) is 12.9. The summed E-state index contributed by atoms with van der Waals surface area (Å²) >= 11 is 0. The van der Waals surface area contributed by atoms with Gasteiger partial charge in [-0.05, 0) is 12.3 Å². The standard InChI is InChI=1S/C12H20O5/c1-9(2)7-16-6-4-12(11(14)15)8-17-5-3-10(12)13/h9H,3-8H2,1-2H3,(H,14,15). The summed E-state index contributed by atoms with van der Waals surface area (Å²) in [6.45, 7) is 5.17. The Hall–Kier alpha value is -0.940. The van der Waals surface area contributed by atoms with Crippen LogP contribution in [0.5, 0.6) is 0 Å². The molecule has 1 aliphatic rings. The topological polar surface area (TPSA) is 72.8 Å². The van der Waals surface area contributed by atoms with Gasteiger partial charge in [0.2, 0.25) is 0 Å². The van der Waals surface area contributed by atoms with Crippen molar-refractivity contribution in [3.63, 3.8) is 0 Å². The number of Topliss-reactive ketones (excluding diaryl/α,β-unsaturated/α-hetero) is 1. The number of carboxylic acid groups (broad SMARTS) is 1. The molecule has 1 aliphatic heterocycles. The van der Waals surface area contributed by atoms with Crippen molar-refractivity contribution in [3.8, 4) is 0 Å². The number of aliphatic carboxylic acids is 1. The molecule has 17 heavy (non-hydrogen) atoms. The van der Waals surface area contributed by atoms with E-state index in [9.17, 15) is 14.7 Å². The van der Waals surface area contributed by atoms with Gasteiger partial charge in [0.15, 0.2) is 11.2 Å². The Bertz CT molecular complexity index is 287. The lowest BCUT2D eigenvalue weighted by Crippen LogP contribution is -2.47. The molecule has 0 bridgehead atoms. The number of ether oxygens (including phenoxy) is 2. The number of hydrogen-bond acceptors (Lipinski definition) is 4. The van der Waals surface area contributed by atoms with Gasteiger partial charge in [0.05, 0.1) is 13.2 Å². The van der Waals surface area contributed by atoms with Crippen LogP contribution in [0.15, 0.2) is 0 Å². The van der Waals surface area contributed by atoms with E-state index in [1.165, 1.54) is 0 Å². The molecule has 1 fully saturated rings. The van der Waals surface area contributed by atoms with Crippen molar-refractivity contribution in [3.05, 3.63) is 0 Å². The minimum absolute atomic E-state index is 0.0355. The highest BCUT2D eigenvalue weighted by Gasteiger charge is 2.47. The number of carbonyl (C=O) groups is 2. The van der Waals surface area contributed by atoms with Crippen LogP contribution in [0.2, 0.25) is 0 Å². The number of rotatable bonds is 6. The van der Waals surface area contributed by atoms with Gasteiger partial charge in [0.1, 0.15) is 0 Å². The Morgan fingerprint density at radius 3 is 2.82 bits per heavy atom. The third-order valence-electron chi connectivity index (χ3n) is 2.89. The predicted octanol–water partition coefficient (Wildman–Crippen LogP) is 1.11. The Morgan fingerprint density at radius 2 is 2.29 bits per heavy atom. The van der Waals surface area contributed by atoms with Gasteiger partial charge in [-0.25, -0.2) is 0 Å². The molecule has 0 spiro atoms. The van der Waals surface area contributed by atoms with Crippen molar-refractivity contribution in [2.75, 3.05) is 26.4 Å². The fourth-order valence-corrected chi connectivity index (χ4v) is 1.80.